The summed E-state index contributed by atoms with van der Waals surface area (Å²) in [6.07, 6.45) is 6.32. The van der Waals surface area contributed by atoms with Crippen LogP contribution in [0.1, 0.15) is 109 Å². The Kier molecular flexibility index (Phi) is 15.4. The molecule has 0 atom stereocenters. The molecule has 0 saturated heterocycles. The number of methoxy groups -OCH3 is 2. The molecule has 0 unspecified atom stereocenters. The number of imide groups is 2. The molecule has 0 aromatic heterocycles. The van der Waals surface area contributed by atoms with Crippen molar-refractivity contribution in [2.24, 2.45) is 0 Å². The van der Waals surface area contributed by atoms with Gasteiger partial charge in [0.2, 0.25) is 0 Å². The number of rotatable bonds is 20. The Morgan fingerprint density at radius 1 is 0.571 bits per heavy atom. The second-order valence-corrected chi connectivity index (χ2v) is 15.2. The van der Waals surface area contributed by atoms with Crippen LogP contribution in [0.15, 0.2) is 115 Å². The van der Waals surface area contributed by atoms with Gasteiger partial charge in [-0.1, -0.05) is 80.3 Å². The molecule has 2 aliphatic heterocycles. The number of carbonyl (C=O) groups excluding carboxylic acids is 4. The number of hydrogen-bond donors (Lipinski definition) is 2. The predicted octanol–water partition coefficient (Wildman–Crippen LogP) is 8.19. The van der Waals surface area contributed by atoms with E-state index in [0.29, 0.717) is 49.4 Å². The van der Waals surface area contributed by atoms with Crippen LogP contribution in [0.4, 0.5) is 11.4 Å². The summed E-state index contributed by atoms with van der Waals surface area (Å²) >= 11 is 0. The lowest BCUT2D eigenvalue weighted by Gasteiger charge is -2.36. The van der Waals surface area contributed by atoms with Gasteiger partial charge in [0.15, 0.2) is 0 Å². The summed E-state index contributed by atoms with van der Waals surface area (Å²) < 4.78 is 17.7. The molecule has 5 aromatic rings. The van der Waals surface area contributed by atoms with Crippen LogP contribution in [0.5, 0.6) is 11.5 Å². The number of nitro groups is 1. The molecule has 0 bridgehead atoms. The second kappa shape index (κ2) is 21.3. The molecule has 63 heavy (non-hydrogen) atoms. The highest BCUT2D eigenvalue weighted by Crippen LogP contribution is 2.42. The first kappa shape index (κ1) is 45.6. The van der Waals surface area contributed by atoms with E-state index in [2.05, 4.69) is 12.1 Å². The zero-order valence-corrected chi connectivity index (χ0v) is 35.5. The van der Waals surface area contributed by atoms with Gasteiger partial charge in [0.25, 0.3) is 29.3 Å². The third-order valence-electron chi connectivity index (χ3n) is 11.2. The van der Waals surface area contributed by atoms with E-state index in [-0.39, 0.29) is 35.2 Å². The van der Waals surface area contributed by atoms with Gasteiger partial charge in [-0.15, -0.1) is 0 Å². The maximum Gasteiger partial charge on any atom is 0.270 e. The Labute approximate surface area is 366 Å². The number of anilines is 1. The molecule has 14 heteroatoms. The lowest BCUT2D eigenvalue weighted by molar-refractivity contribution is -0.384. The topological polar surface area (TPSA) is 192 Å². The van der Waals surface area contributed by atoms with Crippen molar-refractivity contribution in [1.82, 2.24) is 9.80 Å². The highest BCUT2D eigenvalue weighted by atomic mass is 16.6. The van der Waals surface area contributed by atoms with Crippen molar-refractivity contribution in [3.8, 4) is 11.5 Å². The van der Waals surface area contributed by atoms with Crippen molar-refractivity contribution in [2.45, 2.75) is 57.0 Å². The molecule has 5 aromatic carbocycles. The maximum absolute atomic E-state index is 12.7. The SMILES string of the molecule is COc1ccc(C(OCCCCCCN2C(=O)c3ccc(N)cc3C2=O)(c2ccccc2)c2ccc(OC)cc2)cc1.O=C1c2ccc([N+](=O)[O-])cc2C(=O)N1CCCCCCO. The van der Waals surface area contributed by atoms with Gasteiger partial charge >= 0.3 is 0 Å². The summed E-state index contributed by atoms with van der Waals surface area (Å²) in [6, 6.07) is 34.8. The largest absolute Gasteiger partial charge is 0.497 e. The lowest BCUT2D eigenvalue weighted by Crippen LogP contribution is -2.33. The lowest BCUT2D eigenvalue weighted by atomic mass is 9.80. The number of nitrogen functional groups attached to an aromatic ring is 1. The number of amides is 4. The minimum atomic E-state index is -0.845. The second-order valence-electron chi connectivity index (χ2n) is 15.2. The first-order chi connectivity index (χ1) is 30.5. The number of unbranched alkanes of at least 4 members (excludes halogenated alkanes) is 6. The molecule has 14 nitrogen and oxygen atoms in total. The van der Waals surface area contributed by atoms with E-state index >= 15 is 0 Å². The maximum atomic E-state index is 12.7. The van der Waals surface area contributed by atoms with E-state index in [0.717, 1.165) is 77.7 Å². The van der Waals surface area contributed by atoms with Crippen LogP contribution in [0.2, 0.25) is 0 Å². The molecule has 0 aliphatic carbocycles. The van der Waals surface area contributed by atoms with Gasteiger partial charge in [0, 0.05) is 44.1 Å². The van der Waals surface area contributed by atoms with Gasteiger partial charge in [-0.3, -0.25) is 39.1 Å². The number of non-ortho nitro benzene ring substituents is 1. The van der Waals surface area contributed by atoms with E-state index in [1.807, 2.05) is 66.7 Å². The Bertz CT molecular complexity index is 2360. The van der Waals surface area contributed by atoms with Crippen LogP contribution < -0.4 is 15.2 Å². The van der Waals surface area contributed by atoms with Gasteiger partial charge in [0.05, 0.1) is 41.4 Å². The van der Waals surface area contributed by atoms with Crippen LogP contribution in [0.25, 0.3) is 0 Å². The smallest absolute Gasteiger partial charge is 0.270 e. The quantitative estimate of drug-likeness (QED) is 0.0192. The van der Waals surface area contributed by atoms with Crippen LogP contribution in [-0.2, 0) is 10.3 Å². The fraction of sp³-hybridized carbons (Fsp3) is 0.306. The number of aliphatic hydroxyl groups excluding tert-OH is 1. The number of nitrogens with two attached hydrogens (primary N) is 1. The average Bonchev–Trinajstić information content (AvgIpc) is 3.69. The Balaban J connectivity index is 0.000000264. The Morgan fingerprint density at radius 2 is 1.03 bits per heavy atom. The summed E-state index contributed by atoms with van der Waals surface area (Å²) in [5.41, 5.74) is 9.40. The summed E-state index contributed by atoms with van der Waals surface area (Å²) in [5.74, 6) is 0.170. The van der Waals surface area contributed by atoms with Crippen LogP contribution in [0.3, 0.4) is 0 Å². The minimum absolute atomic E-state index is 0.101. The van der Waals surface area contributed by atoms with Crippen molar-refractivity contribution in [1.29, 1.82) is 0 Å². The number of hydrogen-bond acceptors (Lipinski definition) is 11. The third kappa shape index (κ3) is 10.3. The molecule has 2 aliphatic rings. The van der Waals surface area contributed by atoms with Gasteiger partial charge in [-0.2, -0.15) is 0 Å². The molecule has 4 amide bonds. The minimum Gasteiger partial charge on any atom is -0.497 e. The molecular weight excluding hydrogens is 805 g/mol. The van der Waals surface area contributed by atoms with Crippen LogP contribution >= 0.6 is 0 Å². The summed E-state index contributed by atoms with van der Waals surface area (Å²) in [6.45, 7) is 1.33. The first-order valence-corrected chi connectivity index (χ1v) is 21.0. The number of benzene rings is 5. The fourth-order valence-electron chi connectivity index (χ4n) is 7.87. The standard InChI is InChI=1S/C35H36N2O5.C14H16N2O5/c1-40-29-17-12-26(13-18-29)35(25-10-6-5-7-11-25,27-14-19-30(41-2)20-15-27)42-23-9-4-3-8-22-37-33(38)31-21-16-28(36)24-32(31)34(37)39;17-8-4-2-1-3-7-15-13(18)11-6-5-10(16(20)21)9-12(11)14(15)19/h5-7,10-21,24H,3-4,8-9,22-23,36H2,1-2H3;5-6,9,17H,1-4,7-8H2. The highest BCUT2D eigenvalue weighted by Gasteiger charge is 2.39. The van der Waals surface area contributed by atoms with Crippen LogP contribution in [0, 0.1) is 10.1 Å². The number of fused-ring (bicyclic) bond motifs is 2. The van der Waals surface area contributed by atoms with Gasteiger partial charge in [0.1, 0.15) is 17.1 Å². The first-order valence-electron chi connectivity index (χ1n) is 21.0. The number of carbonyl (C=O) groups is 4. The molecule has 2 heterocycles. The van der Waals surface area contributed by atoms with Crippen molar-refractivity contribution in [2.75, 3.05) is 46.3 Å². The molecule has 328 valence electrons. The summed E-state index contributed by atoms with van der Waals surface area (Å²) in [4.78, 5) is 62.3. The normalized spacial score (nSPS) is 13.1. The van der Waals surface area contributed by atoms with E-state index in [1.165, 1.54) is 17.0 Å². The van der Waals surface area contributed by atoms with Gasteiger partial charge < -0.3 is 25.1 Å². The number of aliphatic hydroxyl groups is 1. The van der Waals surface area contributed by atoms with Crippen molar-refractivity contribution in [3.05, 3.63) is 164 Å². The van der Waals surface area contributed by atoms with E-state index in [4.69, 9.17) is 25.1 Å². The third-order valence-corrected chi connectivity index (χ3v) is 11.2. The predicted molar refractivity (Wildman–Crippen MR) is 237 cm³/mol. The Hall–Kier alpha value is -6.90. The fourth-order valence-corrected chi connectivity index (χ4v) is 7.87. The molecule has 3 N–H and O–H groups in total. The van der Waals surface area contributed by atoms with E-state index in [9.17, 15) is 29.3 Å². The zero-order valence-electron chi connectivity index (χ0n) is 35.5. The monoisotopic (exact) mass is 856 g/mol. The number of nitro benzene ring substituents is 1. The van der Waals surface area contributed by atoms with Gasteiger partial charge in [-0.05, 0) is 90.9 Å². The number of ether oxygens (including phenoxy) is 3. The highest BCUT2D eigenvalue weighted by molar-refractivity contribution is 6.22. The molecule has 7 rings (SSSR count). The van der Waals surface area contributed by atoms with Crippen molar-refractivity contribution < 1.29 is 43.4 Å². The van der Waals surface area contributed by atoms with E-state index in [1.54, 1.807) is 32.4 Å². The Morgan fingerprint density at radius 3 is 1.54 bits per heavy atom. The summed E-state index contributed by atoms with van der Waals surface area (Å²) in [5, 5.41) is 19.4. The number of nitrogens with zero attached hydrogens (tertiary/aromatic N) is 3. The molecule has 0 spiro atoms. The molecule has 0 radical (unpaired) electrons. The molecular formula is C49H52N4O10. The van der Waals surface area contributed by atoms with Crippen LogP contribution in [-0.4, -0.2) is 84.0 Å². The molecule has 0 fully saturated rings. The zero-order chi connectivity index (χ0) is 44.9. The molecule has 0 saturated carbocycles. The summed E-state index contributed by atoms with van der Waals surface area (Å²) in [7, 11) is 3.31. The van der Waals surface area contributed by atoms with Crippen molar-refractivity contribution in [3.63, 3.8) is 0 Å². The average molecular weight is 857 g/mol. The van der Waals surface area contributed by atoms with Crippen molar-refractivity contribution >= 4 is 35.0 Å². The van der Waals surface area contributed by atoms with E-state index < -0.39 is 22.3 Å². The van der Waals surface area contributed by atoms with Gasteiger partial charge in [-0.25, -0.2) is 0 Å².